The maximum absolute atomic E-state index is 10.9. The van der Waals surface area contributed by atoms with Gasteiger partial charge >= 0.3 is 5.97 Å². The smallest absolute Gasteiger partial charge is 0.306 e. The molecule has 1 rings (SSSR count). The summed E-state index contributed by atoms with van der Waals surface area (Å²) in [6, 6.07) is 0. The van der Waals surface area contributed by atoms with Crippen LogP contribution in [-0.2, 0) is 9.53 Å². The van der Waals surface area contributed by atoms with E-state index in [0.29, 0.717) is 18.9 Å². The Kier molecular flexibility index (Phi) is 2.88. The number of carbonyl (C=O) groups is 1. The number of likely N-dealkylation sites (tertiary alicyclic amines) is 1. The van der Waals surface area contributed by atoms with E-state index in [1.54, 1.807) is 0 Å². The summed E-state index contributed by atoms with van der Waals surface area (Å²) in [6.45, 7) is 4.42. The van der Waals surface area contributed by atoms with E-state index in [4.69, 9.17) is 4.74 Å². The van der Waals surface area contributed by atoms with Crippen molar-refractivity contribution < 1.29 is 9.53 Å². The summed E-state index contributed by atoms with van der Waals surface area (Å²) in [5, 5.41) is 0. The van der Waals surface area contributed by atoms with Crippen molar-refractivity contribution in [2.45, 2.75) is 13.3 Å². The second kappa shape index (κ2) is 3.72. The predicted molar refractivity (Wildman–Crippen MR) is 42.2 cm³/mol. The molecule has 0 aromatic carbocycles. The van der Waals surface area contributed by atoms with Gasteiger partial charge in [-0.3, -0.25) is 4.79 Å². The van der Waals surface area contributed by atoms with Crippen molar-refractivity contribution in [3.05, 3.63) is 0 Å². The van der Waals surface area contributed by atoms with Gasteiger partial charge in [-0.15, -0.1) is 0 Å². The lowest BCUT2D eigenvalue weighted by Gasteiger charge is -2.35. The van der Waals surface area contributed by atoms with Gasteiger partial charge in [-0.25, -0.2) is 0 Å². The Labute approximate surface area is 67.3 Å². The van der Waals surface area contributed by atoms with Crippen LogP contribution in [0.3, 0.4) is 0 Å². The fourth-order valence-corrected chi connectivity index (χ4v) is 1.41. The van der Waals surface area contributed by atoms with Gasteiger partial charge in [0, 0.05) is 13.1 Å². The molecule has 1 saturated heterocycles. The van der Waals surface area contributed by atoms with E-state index in [1.165, 1.54) is 0 Å². The van der Waals surface area contributed by atoms with Crippen LogP contribution in [0.25, 0.3) is 0 Å². The monoisotopic (exact) mass is 157 g/mol. The number of hydrogen-bond donors (Lipinski definition) is 0. The molecule has 64 valence electrons. The van der Waals surface area contributed by atoms with Crippen LogP contribution in [0.15, 0.2) is 0 Å². The first kappa shape index (κ1) is 8.53. The molecular weight excluding hydrogens is 142 g/mol. The molecule has 0 radical (unpaired) electrons. The number of nitrogens with zero attached hydrogens (tertiary/aromatic N) is 1. The fourth-order valence-electron chi connectivity index (χ4n) is 1.41. The lowest BCUT2D eigenvalue weighted by Crippen LogP contribution is -2.44. The van der Waals surface area contributed by atoms with E-state index in [2.05, 4.69) is 11.9 Å². The van der Waals surface area contributed by atoms with Crippen LogP contribution >= 0.6 is 0 Å². The second-order valence-electron chi connectivity index (χ2n) is 3.10. The Morgan fingerprint density at radius 3 is 2.73 bits per heavy atom. The van der Waals surface area contributed by atoms with E-state index < -0.39 is 0 Å². The van der Waals surface area contributed by atoms with Crippen LogP contribution in [0.4, 0.5) is 0 Å². The summed E-state index contributed by atoms with van der Waals surface area (Å²) in [6.07, 6.45) is 0.595. The number of hydrogen-bond acceptors (Lipinski definition) is 3. The molecule has 0 atom stereocenters. The van der Waals surface area contributed by atoms with Crippen LogP contribution in [0.2, 0.25) is 0 Å². The Hall–Kier alpha value is -0.570. The van der Waals surface area contributed by atoms with Crippen LogP contribution in [0.1, 0.15) is 13.3 Å². The number of ether oxygens (including phenoxy) is 1. The highest BCUT2D eigenvalue weighted by atomic mass is 16.5. The lowest BCUT2D eigenvalue weighted by molar-refractivity contribution is -0.145. The minimum absolute atomic E-state index is 0.0504. The van der Waals surface area contributed by atoms with E-state index in [0.717, 1.165) is 13.1 Å². The van der Waals surface area contributed by atoms with Gasteiger partial charge in [0.2, 0.25) is 0 Å². The first-order chi connectivity index (χ1) is 5.22. The van der Waals surface area contributed by atoms with E-state index in [-0.39, 0.29) is 5.97 Å². The number of rotatable bonds is 3. The molecule has 1 fully saturated rings. The third kappa shape index (κ3) is 2.50. The quantitative estimate of drug-likeness (QED) is 0.559. The van der Waals surface area contributed by atoms with Gasteiger partial charge in [0.1, 0.15) is 0 Å². The van der Waals surface area contributed by atoms with Gasteiger partial charge in [0.15, 0.2) is 0 Å². The van der Waals surface area contributed by atoms with E-state index >= 15 is 0 Å². The third-order valence-corrected chi connectivity index (χ3v) is 1.90. The topological polar surface area (TPSA) is 29.5 Å². The maximum Gasteiger partial charge on any atom is 0.306 e. The number of carbonyl (C=O) groups excluding carboxylic acids is 1. The molecule has 0 aliphatic carbocycles. The Morgan fingerprint density at radius 2 is 2.27 bits per heavy atom. The van der Waals surface area contributed by atoms with Gasteiger partial charge in [-0.2, -0.15) is 0 Å². The molecule has 0 bridgehead atoms. The standard InChI is InChI=1S/C8H15NO2/c1-3-11-8(10)4-7-5-9(2)6-7/h7H,3-6H2,1-2H3. The van der Waals surface area contributed by atoms with Crippen LogP contribution in [0, 0.1) is 5.92 Å². The highest BCUT2D eigenvalue weighted by Gasteiger charge is 2.25. The molecule has 0 saturated carbocycles. The van der Waals surface area contributed by atoms with Crippen LogP contribution in [0.5, 0.6) is 0 Å². The summed E-state index contributed by atoms with van der Waals surface area (Å²) in [4.78, 5) is 13.1. The SMILES string of the molecule is CCOC(=O)CC1CN(C)C1. The van der Waals surface area contributed by atoms with Crippen molar-refractivity contribution in [3.63, 3.8) is 0 Å². The minimum Gasteiger partial charge on any atom is -0.466 e. The third-order valence-electron chi connectivity index (χ3n) is 1.90. The summed E-state index contributed by atoms with van der Waals surface area (Å²) < 4.78 is 4.83. The average Bonchev–Trinajstić information content (AvgIpc) is 1.85. The van der Waals surface area contributed by atoms with Crippen molar-refractivity contribution in [2.75, 3.05) is 26.7 Å². The van der Waals surface area contributed by atoms with Gasteiger partial charge in [-0.1, -0.05) is 0 Å². The molecule has 3 nitrogen and oxygen atoms in total. The minimum atomic E-state index is -0.0504. The Morgan fingerprint density at radius 1 is 1.64 bits per heavy atom. The number of esters is 1. The largest absolute Gasteiger partial charge is 0.466 e. The molecule has 0 spiro atoms. The predicted octanol–water partition coefficient (Wildman–Crippen LogP) is 0.501. The second-order valence-corrected chi connectivity index (χ2v) is 3.10. The van der Waals surface area contributed by atoms with Crippen molar-refractivity contribution in [3.8, 4) is 0 Å². The summed E-state index contributed by atoms with van der Waals surface area (Å²) in [5.41, 5.74) is 0. The average molecular weight is 157 g/mol. The first-order valence-corrected chi connectivity index (χ1v) is 4.06. The van der Waals surface area contributed by atoms with Gasteiger partial charge in [0.25, 0.3) is 0 Å². The molecule has 1 aliphatic rings. The van der Waals surface area contributed by atoms with Gasteiger partial charge in [-0.05, 0) is 19.9 Å². The highest BCUT2D eigenvalue weighted by molar-refractivity contribution is 5.69. The summed E-state index contributed by atoms with van der Waals surface area (Å²) >= 11 is 0. The molecular formula is C8H15NO2. The van der Waals surface area contributed by atoms with E-state index in [1.807, 2.05) is 6.92 Å². The summed E-state index contributed by atoms with van der Waals surface area (Å²) in [5.74, 6) is 0.490. The molecule has 0 amide bonds. The summed E-state index contributed by atoms with van der Waals surface area (Å²) in [7, 11) is 2.06. The molecule has 1 aliphatic heterocycles. The zero-order valence-corrected chi connectivity index (χ0v) is 7.17. The van der Waals surface area contributed by atoms with Crippen LogP contribution in [-0.4, -0.2) is 37.6 Å². The molecule has 1 heterocycles. The van der Waals surface area contributed by atoms with Crippen LogP contribution < -0.4 is 0 Å². The van der Waals surface area contributed by atoms with Crippen molar-refractivity contribution in [1.29, 1.82) is 0 Å². The van der Waals surface area contributed by atoms with Gasteiger partial charge in [0.05, 0.1) is 13.0 Å². The maximum atomic E-state index is 10.9. The molecule has 3 heteroatoms. The van der Waals surface area contributed by atoms with Crippen molar-refractivity contribution in [2.24, 2.45) is 5.92 Å². The fraction of sp³-hybridized carbons (Fsp3) is 0.875. The first-order valence-electron chi connectivity index (χ1n) is 4.06. The molecule has 0 aromatic rings. The van der Waals surface area contributed by atoms with Crippen molar-refractivity contribution in [1.82, 2.24) is 4.90 Å². The zero-order valence-electron chi connectivity index (χ0n) is 7.17. The molecule has 11 heavy (non-hydrogen) atoms. The normalized spacial score (nSPS) is 19.5. The zero-order chi connectivity index (χ0) is 8.27. The molecule has 0 N–H and O–H groups in total. The van der Waals surface area contributed by atoms with E-state index in [9.17, 15) is 4.79 Å². The van der Waals surface area contributed by atoms with Crippen molar-refractivity contribution >= 4 is 5.97 Å². The molecule has 0 aromatic heterocycles. The van der Waals surface area contributed by atoms with Gasteiger partial charge < -0.3 is 9.64 Å². The Bertz CT molecular complexity index is 141. The lowest BCUT2D eigenvalue weighted by atomic mass is 9.97. The highest BCUT2D eigenvalue weighted by Crippen LogP contribution is 2.16. The Balaban J connectivity index is 2.07. The molecule has 0 unspecified atom stereocenters.